The Labute approximate surface area is 309 Å². The van der Waals surface area contributed by atoms with Crippen LogP contribution < -0.4 is 0 Å². The Morgan fingerprint density at radius 1 is 0.396 bits per heavy atom. The van der Waals surface area contributed by atoms with E-state index in [2.05, 4.69) is 200 Å². The molecule has 0 atom stereocenters. The molecule has 0 radical (unpaired) electrons. The van der Waals surface area contributed by atoms with E-state index in [-0.39, 0.29) is 0 Å². The minimum atomic E-state index is 0.867. The minimum absolute atomic E-state index is 0.867. The van der Waals surface area contributed by atoms with Crippen LogP contribution in [0.3, 0.4) is 0 Å². The molecule has 0 saturated carbocycles. The number of aryl methyl sites for hydroxylation is 1. The van der Waals surface area contributed by atoms with E-state index in [0.29, 0.717) is 0 Å². The van der Waals surface area contributed by atoms with Gasteiger partial charge in [0.05, 0.1) is 11.0 Å². The lowest BCUT2D eigenvalue weighted by atomic mass is 9.84. The standard InChI is InChI=1S/C51H36N2/c1-2-49-52-47-21-10-11-22-48(47)53(49)42-28-25-36(26-29-42)38-17-12-18-40(31-38)51-44-20-9-8-19-43(44)50(41-24-23-35-15-6-7-16-37(35)32-41)45-30-27-39(33-46(45)51)34-13-4-3-5-14-34/h3-33H,2H2,1H3. The number of benzene rings is 9. The number of aromatic nitrogens is 2. The number of fused-ring (bicyclic) bond motifs is 4. The van der Waals surface area contributed by atoms with Gasteiger partial charge in [-0.25, -0.2) is 4.98 Å². The van der Waals surface area contributed by atoms with Crippen molar-refractivity contribution in [2.75, 3.05) is 0 Å². The van der Waals surface area contributed by atoms with Crippen LogP contribution in [0.2, 0.25) is 0 Å². The summed E-state index contributed by atoms with van der Waals surface area (Å²) in [6, 6.07) is 68.6. The number of imidazole rings is 1. The van der Waals surface area contributed by atoms with Crippen LogP contribution >= 0.6 is 0 Å². The highest BCUT2D eigenvalue weighted by molar-refractivity contribution is 6.22. The molecule has 0 saturated heterocycles. The molecule has 250 valence electrons. The highest BCUT2D eigenvalue weighted by atomic mass is 15.1. The number of nitrogens with zero attached hydrogens (tertiary/aromatic N) is 2. The largest absolute Gasteiger partial charge is 0.296 e. The highest BCUT2D eigenvalue weighted by Gasteiger charge is 2.19. The summed E-state index contributed by atoms with van der Waals surface area (Å²) in [5.74, 6) is 1.07. The smallest absolute Gasteiger partial charge is 0.114 e. The van der Waals surface area contributed by atoms with Crippen LogP contribution in [0.4, 0.5) is 0 Å². The molecule has 10 aromatic rings. The molecule has 9 aromatic carbocycles. The van der Waals surface area contributed by atoms with E-state index < -0.39 is 0 Å². The summed E-state index contributed by atoms with van der Waals surface area (Å²) in [5.41, 5.74) is 13.1. The topological polar surface area (TPSA) is 17.8 Å². The molecule has 0 aliphatic rings. The third kappa shape index (κ3) is 5.30. The number of para-hydroxylation sites is 2. The molecule has 53 heavy (non-hydrogen) atoms. The van der Waals surface area contributed by atoms with Crippen LogP contribution in [0.15, 0.2) is 188 Å². The van der Waals surface area contributed by atoms with Gasteiger partial charge in [-0.15, -0.1) is 0 Å². The zero-order valence-electron chi connectivity index (χ0n) is 29.5. The lowest BCUT2D eigenvalue weighted by Crippen LogP contribution is -1.99. The molecule has 0 unspecified atom stereocenters. The molecule has 10 rings (SSSR count). The van der Waals surface area contributed by atoms with Crippen molar-refractivity contribution < 1.29 is 0 Å². The molecule has 0 fully saturated rings. The summed E-state index contributed by atoms with van der Waals surface area (Å²) in [4.78, 5) is 4.91. The second-order valence-electron chi connectivity index (χ2n) is 13.8. The van der Waals surface area contributed by atoms with Gasteiger partial charge < -0.3 is 0 Å². The molecule has 2 nitrogen and oxygen atoms in total. The normalized spacial score (nSPS) is 11.6. The summed E-state index contributed by atoms with van der Waals surface area (Å²) in [6.07, 6.45) is 0.867. The zero-order valence-corrected chi connectivity index (χ0v) is 29.5. The number of hydrogen-bond donors (Lipinski definition) is 0. The van der Waals surface area contributed by atoms with Gasteiger partial charge in [-0.3, -0.25) is 4.57 Å². The highest BCUT2D eigenvalue weighted by Crippen LogP contribution is 2.46. The van der Waals surface area contributed by atoms with Crippen LogP contribution in [0.25, 0.3) is 93.5 Å². The first-order valence-corrected chi connectivity index (χ1v) is 18.4. The van der Waals surface area contributed by atoms with Crippen LogP contribution in [-0.4, -0.2) is 9.55 Å². The molecule has 0 spiro atoms. The van der Waals surface area contributed by atoms with Gasteiger partial charge in [0.2, 0.25) is 0 Å². The van der Waals surface area contributed by atoms with Crippen molar-refractivity contribution in [3.05, 3.63) is 194 Å². The van der Waals surface area contributed by atoms with Gasteiger partial charge in [0.25, 0.3) is 0 Å². The SMILES string of the molecule is CCc1nc2ccccc2n1-c1ccc(-c2cccc(-c3c4ccccc4c(-c4ccc5ccccc5c4)c4ccc(-c5ccccc5)cc34)c2)cc1. The first-order valence-electron chi connectivity index (χ1n) is 18.4. The van der Waals surface area contributed by atoms with Crippen molar-refractivity contribution in [2.24, 2.45) is 0 Å². The van der Waals surface area contributed by atoms with Crippen LogP contribution in [0, 0.1) is 0 Å². The molecule has 0 bridgehead atoms. The zero-order chi connectivity index (χ0) is 35.3. The predicted octanol–water partition coefficient (Wildman–Crippen LogP) is 13.7. The lowest BCUT2D eigenvalue weighted by Gasteiger charge is -2.19. The Kier molecular flexibility index (Phi) is 7.47. The van der Waals surface area contributed by atoms with Gasteiger partial charge in [0.1, 0.15) is 5.82 Å². The maximum Gasteiger partial charge on any atom is 0.114 e. The van der Waals surface area contributed by atoms with Crippen molar-refractivity contribution in [3.8, 4) is 50.2 Å². The van der Waals surface area contributed by atoms with E-state index >= 15 is 0 Å². The monoisotopic (exact) mass is 676 g/mol. The molecular formula is C51H36N2. The van der Waals surface area contributed by atoms with Crippen molar-refractivity contribution >= 4 is 43.4 Å². The van der Waals surface area contributed by atoms with E-state index in [4.69, 9.17) is 4.98 Å². The summed E-state index contributed by atoms with van der Waals surface area (Å²) < 4.78 is 2.29. The Bertz CT molecular complexity index is 2970. The second-order valence-corrected chi connectivity index (χ2v) is 13.8. The second kappa shape index (κ2) is 12.8. The summed E-state index contributed by atoms with van der Waals surface area (Å²) >= 11 is 0. The van der Waals surface area contributed by atoms with Crippen LogP contribution in [0.5, 0.6) is 0 Å². The van der Waals surface area contributed by atoms with Gasteiger partial charge in [-0.1, -0.05) is 153 Å². The van der Waals surface area contributed by atoms with Gasteiger partial charge in [0, 0.05) is 12.1 Å². The van der Waals surface area contributed by atoms with E-state index in [9.17, 15) is 0 Å². The van der Waals surface area contributed by atoms with E-state index in [0.717, 1.165) is 29.0 Å². The Morgan fingerprint density at radius 2 is 0.962 bits per heavy atom. The van der Waals surface area contributed by atoms with Crippen molar-refractivity contribution in [3.63, 3.8) is 0 Å². The molecule has 1 aromatic heterocycles. The Hall–Kier alpha value is -6.77. The van der Waals surface area contributed by atoms with Gasteiger partial charge in [-0.2, -0.15) is 0 Å². The van der Waals surface area contributed by atoms with Crippen molar-refractivity contribution in [1.82, 2.24) is 9.55 Å². The first kappa shape index (κ1) is 31.0. The fourth-order valence-corrected chi connectivity index (χ4v) is 8.21. The summed E-state index contributed by atoms with van der Waals surface area (Å²) in [6.45, 7) is 2.17. The first-order chi connectivity index (χ1) is 26.2. The number of hydrogen-bond acceptors (Lipinski definition) is 1. The molecular weight excluding hydrogens is 641 g/mol. The third-order valence-corrected chi connectivity index (χ3v) is 10.7. The van der Waals surface area contributed by atoms with E-state index in [1.807, 2.05) is 0 Å². The third-order valence-electron chi connectivity index (χ3n) is 10.7. The van der Waals surface area contributed by atoms with E-state index in [1.54, 1.807) is 0 Å². The van der Waals surface area contributed by atoms with E-state index in [1.165, 1.54) is 76.8 Å². The summed E-state index contributed by atoms with van der Waals surface area (Å²) in [5, 5.41) is 7.51. The Balaban J connectivity index is 1.17. The van der Waals surface area contributed by atoms with Gasteiger partial charge in [-0.05, 0) is 119 Å². The predicted molar refractivity (Wildman–Crippen MR) is 225 cm³/mol. The van der Waals surface area contributed by atoms with Gasteiger partial charge >= 0.3 is 0 Å². The molecule has 0 aliphatic carbocycles. The average Bonchev–Trinajstić information content (AvgIpc) is 3.62. The molecule has 0 amide bonds. The summed E-state index contributed by atoms with van der Waals surface area (Å²) in [7, 11) is 0. The number of rotatable bonds is 6. The van der Waals surface area contributed by atoms with Crippen LogP contribution in [-0.2, 0) is 6.42 Å². The van der Waals surface area contributed by atoms with Gasteiger partial charge in [0.15, 0.2) is 0 Å². The lowest BCUT2D eigenvalue weighted by molar-refractivity contribution is 0.908. The molecule has 0 N–H and O–H groups in total. The van der Waals surface area contributed by atoms with Crippen molar-refractivity contribution in [1.29, 1.82) is 0 Å². The quantitative estimate of drug-likeness (QED) is 0.160. The maximum atomic E-state index is 4.91. The maximum absolute atomic E-state index is 4.91. The average molecular weight is 677 g/mol. The fraction of sp³-hybridized carbons (Fsp3) is 0.0392. The van der Waals surface area contributed by atoms with Crippen molar-refractivity contribution in [2.45, 2.75) is 13.3 Å². The molecule has 1 heterocycles. The Morgan fingerprint density at radius 3 is 1.77 bits per heavy atom. The van der Waals surface area contributed by atoms with Crippen LogP contribution in [0.1, 0.15) is 12.7 Å². The molecule has 2 heteroatoms. The molecule has 0 aliphatic heterocycles. The fourth-order valence-electron chi connectivity index (χ4n) is 8.21. The minimum Gasteiger partial charge on any atom is -0.296 e.